The second-order valence-electron chi connectivity index (χ2n) is 6.11. The summed E-state index contributed by atoms with van der Waals surface area (Å²) in [7, 11) is 0. The Balaban J connectivity index is 1.68. The summed E-state index contributed by atoms with van der Waals surface area (Å²) in [6.45, 7) is 1.59. The number of fused-ring (bicyclic) bond motifs is 1. The highest BCUT2D eigenvalue weighted by Crippen LogP contribution is 2.52. The van der Waals surface area contributed by atoms with Crippen LogP contribution < -0.4 is 11.2 Å². The van der Waals surface area contributed by atoms with Crippen molar-refractivity contribution in [2.24, 2.45) is 5.41 Å². The minimum Gasteiger partial charge on any atom is -0.340 e. The van der Waals surface area contributed by atoms with Crippen LogP contribution in [0.1, 0.15) is 12.8 Å². The molecule has 4 rings (SSSR count). The van der Waals surface area contributed by atoms with Gasteiger partial charge in [-0.25, -0.2) is 4.79 Å². The van der Waals surface area contributed by atoms with E-state index in [0.29, 0.717) is 16.3 Å². The zero-order valence-corrected chi connectivity index (χ0v) is 11.5. The van der Waals surface area contributed by atoms with Gasteiger partial charge >= 0.3 is 5.69 Å². The van der Waals surface area contributed by atoms with Crippen molar-refractivity contribution >= 4 is 16.8 Å². The molecule has 0 radical (unpaired) electrons. The summed E-state index contributed by atoms with van der Waals surface area (Å²) >= 11 is 0. The molecule has 1 saturated carbocycles. The number of hydrogen-bond acceptors (Lipinski definition) is 3. The second kappa shape index (κ2) is 4.07. The lowest BCUT2D eigenvalue weighted by Gasteiger charge is -2.40. The third-order valence-electron chi connectivity index (χ3n) is 4.56. The second-order valence-corrected chi connectivity index (χ2v) is 6.11. The number of amides is 1. The summed E-state index contributed by atoms with van der Waals surface area (Å²) < 4.78 is 1.34. The minimum atomic E-state index is -0.534. The molecular weight excluding hydrogens is 270 g/mol. The van der Waals surface area contributed by atoms with E-state index >= 15 is 0 Å². The van der Waals surface area contributed by atoms with Crippen molar-refractivity contribution in [3.05, 3.63) is 45.1 Å². The predicted molar refractivity (Wildman–Crippen MR) is 77.1 cm³/mol. The van der Waals surface area contributed by atoms with Gasteiger partial charge < -0.3 is 4.90 Å². The van der Waals surface area contributed by atoms with Gasteiger partial charge in [0.25, 0.3) is 5.56 Å². The van der Waals surface area contributed by atoms with Crippen LogP contribution in [-0.2, 0) is 11.3 Å². The molecular formula is C15H15N3O3. The molecule has 1 aromatic heterocycles. The molecule has 108 valence electrons. The smallest absolute Gasteiger partial charge is 0.329 e. The van der Waals surface area contributed by atoms with E-state index < -0.39 is 11.2 Å². The van der Waals surface area contributed by atoms with Crippen molar-refractivity contribution in [3.63, 3.8) is 0 Å². The number of hydrogen-bond donors (Lipinski definition) is 1. The highest BCUT2D eigenvalue weighted by molar-refractivity contribution is 5.82. The van der Waals surface area contributed by atoms with E-state index in [4.69, 9.17) is 0 Å². The molecule has 2 aromatic rings. The topological polar surface area (TPSA) is 75.2 Å². The Labute approximate surface area is 120 Å². The Hall–Kier alpha value is -2.37. The van der Waals surface area contributed by atoms with E-state index in [9.17, 15) is 14.4 Å². The zero-order chi connectivity index (χ0) is 14.6. The number of carbonyl (C=O) groups excluding carboxylic acids is 1. The number of benzene rings is 1. The fraction of sp³-hybridized carbons (Fsp3) is 0.400. The first kappa shape index (κ1) is 12.4. The SMILES string of the molecule is O=C(Cn1c(=O)[nH]c(=O)c2ccccc21)N1CC2(CC2)C1. The summed E-state index contributed by atoms with van der Waals surface area (Å²) in [5.41, 5.74) is -0.0524. The molecule has 0 atom stereocenters. The number of nitrogens with one attached hydrogen (secondary N) is 1. The van der Waals surface area contributed by atoms with Crippen LogP contribution in [0.5, 0.6) is 0 Å². The summed E-state index contributed by atoms with van der Waals surface area (Å²) in [6.07, 6.45) is 2.41. The van der Waals surface area contributed by atoms with Crippen molar-refractivity contribution in [2.75, 3.05) is 13.1 Å². The van der Waals surface area contributed by atoms with Crippen molar-refractivity contribution in [3.8, 4) is 0 Å². The fourth-order valence-corrected chi connectivity index (χ4v) is 3.07. The van der Waals surface area contributed by atoms with Gasteiger partial charge in [-0.3, -0.25) is 19.1 Å². The van der Waals surface area contributed by atoms with Gasteiger partial charge in [-0.05, 0) is 25.0 Å². The van der Waals surface area contributed by atoms with Crippen LogP contribution in [0.15, 0.2) is 33.9 Å². The van der Waals surface area contributed by atoms with E-state index in [1.807, 2.05) is 0 Å². The van der Waals surface area contributed by atoms with Crippen LogP contribution in [0.2, 0.25) is 0 Å². The maximum atomic E-state index is 12.3. The monoisotopic (exact) mass is 285 g/mol. The van der Waals surface area contributed by atoms with Gasteiger partial charge in [0.15, 0.2) is 0 Å². The molecule has 1 saturated heterocycles. The molecule has 1 aliphatic heterocycles. The molecule has 1 amide bonds. The predicted octanol–water partition coefficient (Wildman–Crippen LogP) is 0.312. The van der Waals surface area contributed by atoms with Gasteiger partial charge in [-0.1, -0.05) is 12.1 Å². The standard InChI is InChI=1S/C15H15N3O3/c19-12(17-8-15(9-17)5-6-15)7-18-11-4-2-1-3-10(11)13(20)16-14(18)21/h1-4H,5-9H2,(H,16,20,21). The quantitative estimate of drug-likeness (QED) is 0.863. The first-order valence-corrected chi connectivity index (χ1v) is 7.08. The Morgan fingerprint density at radius 3 is 2.62 bits per heavy atom. The molecule has 2 aliphatic rings. The molecule has 2 fully saturated rings. The van der Waals surface area contributed by atoms with Crippen LogP contribution in [0.25, 0.3) is 10.9 Å². The lowest BCUT2D eigenvalue weighted by atomic mass is 9.97. The maximum absolute atomic E-state index is 12.3. The van der Waals surface area contributed by atoms with E-state index in [-0.39, 0.29) is 12.5 Å². The number of aromatic nitrogens is 2. The van der Waals surface area contributed by atoms with E-state index in [1.165, 1.54) is 17.4 Å². The van der Waals surface area contributed by atoms with Gasteiger partial charge in [0.2, 0.25) is 5.91 Å². The number of para-hydroxylation sites is 1. The Morgan fingerprint density at radius 2 is 1.90 bits per heavy atom. The Morgan fingerprint density at radius 1 is 1.19 bits per heavy atom. The van der Waals surface area contributed by atoms with E-state index in [1.54, 1.807) is 29.2 Å². The molecule has 1 aliphatic carbocycles. The number of aromatic amines is 1. The van der Waals surface area contributed by atoms with Gasteiger partial charge in [-0.2, -0.15) is 0 Å². The fourth-order valence-electron chi connectivity index (χ4n) is 3.07. The molecule has 0 unspecified atom stereocenters. The number of nitrogens with zero attached hydrogens (tertiary/aromatic N) is 2. The van der Waals surface area contributed by atoms with Crippen molar-refractivity contribution in [1.82, 2.24) is 14.5 Å². The molecule has 2 heterocycles. The highest BCUT2D eigenvalue weighted by atomic mass is 16.2. The molecule has 1 aromatic carbocycles. The van der Waals surface area contributed by atoms with Gasteiger partial charge in [-0.15, -0.1) is 0 Å². The van der Waals surface area contributed by atoms with Gasteiger partial charge in [0.05, 0.1) is 10.9 Å². The normalized spacial score (nSPS) is 18.8. The van der Waals surface area contributed by atoms with Crippen LogP contribution in [0.3, 0.4) is 0 Å². The third-order valence-corrected chi connectivity index (χ3v) is 4.56. The first-order valence-electron chi connectivity index (χ1n) is 7.08. The highest BCUT2D eigenvalue weighted by Gasteiger charge is 2.53. The lowest BCUT2D eigenvalue weighted by molar-refractivity contribution is -0.139. The number of carbonyl (C=O) groups is 1. The number of likely N-dealkylation sites (tertiary alicyclic amines) is 1. The number of H-pyrrole nitrogens is 1. The van der Waals surface area contributed by atoms with Crippen LogP contribution >= 0.6 is 0 Å². The Kier molecular flexibility index (Phi) is 2.40. The molecule has 21 heavy (non-hydrogen) atoms. The van der Waals surface area contributed by atoms with Gasteiger partial charge in [0, 0.05) is 18.5 Å². The first-order chi connectivity index (χ1) is 10.1. The summed E-state index contributed by atoms with van der Waals surface area (Å²) in [6, 6.07) is 6.83. The third kappa shape index (κ3) is 1.90. The summed E-state index contributed by atoms with van der Waals surface area (Å²) in [4.78, 5) is 40.1. The molecule has 6 heteroatoms. The van der Waals surface area contributed by atoms with Crippen LogP contribution in [-0.4, -0.2) is 33.4 Å². The summed E-state index contributed by atoms with van der Waals surface area (Å²) in [5, 5.41) is 0.423. The van der Waals surface area contributed by atoms with Crippen molar-refractivity contribution < 1.29 is 4.79 Å². The molecule has 6 nitrogen and oxygen atoms in total. The maximum Gasteiger partial charge on any atom is 0.329 e. The average molecular weight is 285 g/mol. The van der Waals surface area contributed by atoms with Crippen LogP contribution in [0.4, 0.5) is 0 Å². The molecule has 0 bridgehead atoms. The summed E-state index contributed by atoms with van der Waals surface area (Å²) in [5.74, 6) is -0.0631. The number of rotatable bonds is 2. The Bertz CT molecular complexity index is 852. The minimum absolute atomic E-state index is 0.0216. The van der Waals surface area contributed by atoms with E-state index in [2.05, 4.69) is 4.98 Å². The van der Waals surface area contributed by atoms with E-state index in [0.717, 1.165) is 13.1 Å². The lowest BCUT2D eigenvalue weighted by Crippen LogP contribution is -2.53. The van der Waals surface area contributed by atoms with Crippen molar-refractivity contribution in [1.29, 1.82) is 0 Å². The van der Waals surface area contributed by atoms with Crippen molar-refractivity contribution in [2.45, 2.75) is 19.4 Å². The molecule has 1 spiro atoms. The largest absolute Gasteiger partial charge is 0.340 e. The average Bonchev–Trinajstić information content (AvgIpc) is 3.22. The van der Waals surface area contributed by atoms with Gasteiger partial charge in [0.1, 0.15) is 6.54 Å². The molecule has 1 N–H and O–H groups in total. The van der Waals surface area contributed by atoms with Crippen LogP contribution in [0, 0.1) is 5.41 Å². The zero-order valence-electron chi connectivity index (χ0n) is 11.5.